The summed E-state index contributed by atoms with van der Waals surface area (Å²) in [6.07, 6.45) is 3.19. The van der Waals surface area contributed by atoms with Crippen LogP contribution in [-0.2, 0) is 11.2 Å². The zero-order chi connectivity index (χ0) is 26.0. The van der Waals surface area contributed by atoms with Crippen molar-refractivity contribution in [3.05, 3.63) is 53.9 Å². The molecule has 2 amide bonds. The van der Waals surface area contributed by atoms with Gasteiger partial charge in [0, 0.05) is 37.9 Å². The highest BCUT2D eigenvalue weighted by Crippen LogP contribution is 2.42. The number of fused-ring (bicyclic) bond motifs is 1. The molecule has 0 spiro atoms. The van der Waals surface area contributed by atoms with Gasteiger partial charge in [0.05, 0.1) is 11.6 Å². The maximum atomic E-state index is 13.2. The standard InChI is InChI=1S/C27H31F3N4O3/c28-27(29,30)37-21-8-5-19(6-9-21)7-10-24(35)34-17-13-26(12-3-4-23(26)34)32-25(36)22-18-20(11-14-31-22)33-15-1-2-16-33/h5-6,8-9,11,14,18,23H,1-4,7,10,12-13,15-17H2,(H,32,36)/t23-,26+/m0/s1. The largest absolute Gasteiger partial charge is 0.573 e. The smallest absolute Gasteiger partial charge is 0.406 e. The van der Waals surface area contributed by atoms with Gasteiger partial charge in [-0.3, -0.25) is 14.6 Å². The van der Waals surface area contributed by atoms with Crippen LogP contribution in [0.4, 0.5) is 18.9 Å². The number of ether oxygens (including phenoxy) is 1. The van der Waals surface area contributed by atoms with Gasteiger partial charge in [0.2, 0.25) is 5.91 Å². The Balaban J connectivity index is 1.19. The summed E-state index contributed by atoms with van der Waals surface area (Å²) in [7, 11) is 0. The molecule has 7 nitrogen and oxygen atoms in total. The average Bonchev–Trinajstić information content (AvgIpc) is 3.60. The van der Waals surface area contributed by atoms with Crippen LogP contribution in [0.2, 0.25) is 0 Å². The Morgan fingerprint density at radius 2 is 1.81 bits per heavy atom. The van der Waals surface area contributed by atoms with Crippen LogP contribution in [-0.4, -0.2) is 59.3 Å². The van der Waals surface area contributed by atoms with Gasteiger partial charge >= 0.3 is 6.36 Å². The molecule has 1 saturated carbocycles. The number of aromatic nitrogens is 1. The Hall–Kier alpha value is -3.30. The van der Waals surface area contributed by atoms with E-state index >= 15 is 0 Å². The molecule has 1 N–H and O–H groups in total. The fourth-order valence-electron chi connectivity index (χ4n) is 6.04. The van der Waals surface area contributed by atoms with Crippen molar-refractivity contribution >= 4 is 17.5 Å². The highest BCUT2D eigenvalue weighted by atomic mass is 19.4. The van der Waals surface area contributed by atoms with Crippen molar-refractivity contribution < 1.29 is 27.5 Å². The molecule has 2 saturated heterocycles. The lowest BCUT2D eigenvalue weighted by Gasteiger charge is -2.33. The van der Waals surface area contributed by atoms with E-state index in [1.807, 2.05) is 17.0 Å². The molecule has 198 valence electrons. The van der Waals surface area contributed by atoms with Crippen LogP contribution in [0.5, 0.6) is 5.75 Å². The van der Waals surface area contributed by atoms with Crippen LogP contribution in [0.25, 0.3) is 0 Å². The second-order valence-electron chi connectivity index (χ2n) is 10.1. The van der Waals surface area contributed by atoms with Gasteiger partial charge in [-0.1, -0.05) is 12.1 Å². The fourth-order valence-corrected chi connectivity index (χ4v) is 6.04. The second-order valence-corrected chi connectivity index (χ2v) is 10.1. The van der Waals surface area contributed by atoms with Crippen molar-refractivity contribution in [2.45, 2.75) is 69.3 Å². The van der Waals surface area contributed by atoms with Crippen molar-refractivity contribution in [1.29, 1.82) is 0 Å². The summed E-state index contributed by atoms with van der Waals surface area (Å²) in [5, 5.41) is 3.25. The molecule has 3 heterocycles. The number of benzene rings is 1. The van der Waals surface area contributed by atoms with Gasteiger partial charge in [0.25, 0.3) is 5.91 Å². The van der Waals surface area contributed by atoms with E-state index in [0.29, 0.717) is 25.1 Å². The number of rotatable bonds is 7. The topological polar surface area (TPSA) is 74.8 Å². The van der Waals surface area contributed by atoms with E-state index in [1.165, 1.54) is 12.1 Å². The number of hydrogen-bond acceptors (Lipinski definition) is 5. The Kier molecular flexibility index (Phi) is 7.00. The van der Waals surface area contributed by atoms with E-state index in [-0.39, 0.29) is 30.0 Å². The molecule has 1 aliphatic carbocycles. The number of anilines is 1. The molecule has 2 aromatic rings. The van der Waals surface area contributed by atoms with Crippen LogP contribution in [0.1, 0.15) is 61.0 Å². The summed E-state index contributed by atoms with van der Waals surface area (Å²) >= 11 is 0. The van der Waals surface area contributed by atoms with E-state index in [2.05, 4.69) is 19.9 Å². The van der Waals surface area contributed by atoms with Gasteiger partial charge in [-0.05, 0) is 74.8 Å². The number of carbonyl (C=O) groups is 2. The zero-order valence-electron chi connectivity index (χ0n) is 20.6. The molecular weight excluding hydrogens is 485 g/mol. The maximum Gasteiger partial charge on any atom is 0.573 e. The number of carbonyl (C=O) groups excluding carboxylic acids is 2. The second kappa shape index (κ2) is 10.2. The number of nitrogens with one attached hydrogen (secondary N) is 1. The Labute approximate surface area is 214 Å². The van der Waals surface area contributed by atoms with Crippen molar-refractivity contribution in [2.75, 3.05) is 24.5 Å². The van der Waals surface area contributed by atoms with Crippen molar-refractivity contribution in [3.63, 3.8) is 0 Å². The normalized spacial score (nSPS) is 23.3. The summed E-state index contributed by atoms with van der Waals surface area (Å²) in [6.45, 7) is 2.54. The van der Waals surface area contributed by atoms with Gasteiger partial charge in [-0.2, -0.15) is 0 Å². The molecule has 0 radical (unpaired) electrons. The lowest BCUT2D eigenvalue weighted by atomic mass is 9.92. The van der Waals surface area contributed by atoms with Gasteiger partial charge in [0.1, 0.15) is 11.4 Å². The number of halogens is 3. The molecule has 3 fully saturated rings. The number of alkyl halides is 3. The van der Waals surface area contributed by atoms with E-state index in [0.717, 1.165) is 56.4 Å². The zero-order valence-corrected chi connectivity index (χ0v) is 20.6. The number of pyridine rings is 1. The fraction of sp³-hybridized carbons (Fsp3) is 0.519. The van der Waals surface area contributed by atoms with Crippen LogP contribution in [0, 0.1) is 0 Å². The van der Waals surface area contributed by atoms with E-state index in [9.17, 15) is 22.8 Å². The summed E-state index contributed by atoms with van der Waals surface area (Å²) in [5.74, 6) is -0.495. The van der Waals surface area contributed by atoms with Gasteiger partial charge < -0.3 is 19.9 Å². The van der Waals surface area contributed by atoms with Crippen LogP contribution in [0.15, 0.2) is 42.6 Å². The molecule has 0 unspecified atom stereocenters. The first kappa shape index (κ1) is 25.4. The Bertz CT molecular complexity index is 1130. The third-order valence-electron chi connectivity index (χ3n) is 7.83. The molecule has 0 bridgehead atoms. The number of hydrogen-bond donors (Lipinski definition) is 1. The quantitative estimate of drug-likeness (QED) is 0.588. The lowest BCUT2D eigenvalue weighted by Crippen LogP contribution is -2.54. The van der Waals surface area contributed by atoms with Gasteiger partial charge in [-0.15, -0.1) is 13.2 Å². The molecule has 10 heteroatoms. The summed E-state index contributed by atoms with van der Waals surface area (Å²) in [4.78, 5) is 34.8. The monoisotopic (exact) mass is 516 g/mol. The highest BCUT2D eigenvalue weighted by Gasteiger charge is 2.52. The molecule has 37 heavy (non-hydrogen) atoms. The summed E-state index contributed by atoms with van der Waals surface area (Å²) in [6, 6.07) is 9.33. The lowest BCUT2D eigenvalue weighted by molar-refractivity contribution is -0.274. The Morgan fingerprint density at radius 1 is 1.05 bits per heavy atom. The van der Waals surface area contributed by atoms with Crippen molar-refractivity contribution in [3.8, 4) is 5.75 Å². The molecule has 1 aromatic heterocycles. The SMILES string of the molecule is O=C(N[C@@]12CCC[C@@H]1N(C(=O)CCc1ccc(OC(F)(F)F)cc1)CC2)c1cc(N2CCCC2)ccn1. The molecule has 2 aliphatic heterocycles. The molecule has 1 aromatic carbocycles. The third kappa shape index (κ3) is 5.67. The van der Waals surface area contributed by atoms with Crippen molar-refractivity contribution in [2.24, 2.45) is 0 Å². The predicted octanol–water partition coefficient (Wildman–Crippen LogP) is 4.47. The first-order chi connectivity index (χ1) is 17.7. The first-order valence-corrected chi connectivity index (χ1v) is 12.9. The minimum absolute atomic E-state index is 0.00667. The number of amides is 2. The predicted molar refractivity (Wildman–Crippen MR) is 131 cm³/mol. The van der Waals surface area contributed by atoms with Crippen LogP contribution in [0.3, 0.4) is 0 Å². The summed E-state index contributed by atoms with van der Waals surface area (Å²) < 4.78 is 41.0. The minimum atomic E-state index is -4.73. The van der Waals surface area contributed by atoms with Crippen molar-refractivity contribution in [1.82, 2.24) is 15.2 Å². The summed E-state index contributed by atoms with van der Waals surface area (Å²) in [5.41, 5.74) is 1.72. The van der Waals surface area contributed by atoms with Crippen LogP contribution >= 0.6 is 0 Å². The van der Waals surface area contributed by atoms with E-state index < -0.39 is 11.9 Å². The number of nitrogens with zero attached hydrogens (tertiary/aromatic N) is 3. The highest BCUT2D eigenvalue weighted by molar-refractivity contribution is 5.94. The minimum Gasteiger partial charge on any atom is -0.406 e. The Morgan fingerprint density at radius 3 is 2.54 bits per heavy atom. The van der Waals surface area contributed by atoms with Crippen LogP contribution < -0.4 is 15.0 Å². The maximum absolute atomic E-state index is 13.2. The molecule has 3 aliphatic rings. The number of aryl methyl sites for hydroxylation is 1. The molecule has 2 atom stereocenters. The van der Waals surface area contributed by atoms with E-state index in [4.69, 9.17) is 0 Å². The van der Waals surface area contributed by atoms with E-state index in [1.54, 1.807) is 18.3 Å². The third-order valence-corrected chi connectivity index (χ3v) is 7.83. The molecule has 5 rings (SSSR count). The molecular formula is C27H31F3N4O3. The first-order valence-electron chi connectivity index (χ1n) is 12.9. The average molecular weight is 517 g/mol. The van der Waals surface area contributed by atoms with Gasteiger partial charge in [0.15, 0.2) is 0 Å². The van der Waals surface area contributed by atoms with Gasteiger partial charge in [-0.25, -0.2) is 0 Å². The number of likely N-dealkylation sites (tertiary alicyclic amines) is 1.